The molecule has 0 fully saturated rings. The van der Waals surface area contributed by atoms with Crippen molar-refractivity contribution in [2.75, 3.05) is 5.32 Å². The first kappa shape index (κ1) is 15.9. The van der Waals surface area contributed by atoms with Crippen molar-refractivity contribution in [3.8, 4) is 0 Å². The maximum Gasteiger partial charge on any atom is 0.341 e. The molecule has 0 saturated heterocycles. The molecule has 0 spiro atoms. The number of aromatic carboxylic acids is 1. The summed E-state index contributed by atoms with van der Waals surface area (Å²) >= 11 is 0. The second kappa shape index (κ2) is 5.10. The van der Waals surface area contributed by atoms with Crippen LogP contribution in [0.1, 0.15) is 31.1 Å². The lowest BCUT2D eigenvalue weighted by Crippen LogP contribution is -2.29. The van der Waals surface area contributed by atoms with E-state index in [0.717, 1.165) is 0 Å². The van der Waals surface area contributed by atoms with Gasteiger partial charge in [-0.3, -0.25) is 4.79 Å². The highest BCUT2D eigenvalue weighted by atomic mass is 19.2. The van der Waals surface area contributed by atoms with Crippen LogP contribution >= 0.6 is 0 Å². The van der Waals surface area contributed by atoms with Gasteiger partial charge in [0.2, 0.25) is 5.91 Å². The minimum atomic E-state index is -2.16. The van der Waals surface area contributed by atoms with Crippen molar-refractivity contribution in [1.82, 2.24) is 0 Å². The van der Waals surface area contributed by atoms with Crippen molar-refractivity contribution in [3.05, 3.63) is 28.8 Å². The summed E-state index contributed by atoms with van der Waals surface area (Å²) in [5.74, 6) is -11.2. The summed E-state index contributed by atoms with van der Waals surface area (Å²) in [6, 6.07) is 0. The second-order valence-electron chi connectivity index (χ2n) is 5.02. The molecule has 0 bridgehead atoms. The van der Waals surface area contributed by atoms with E-state index in [0.29, 0.717) is 0 Å². The van der Waals surface area contributed by atoms with Crippen molar-refractivity contribution < 1.29 is 32.3 Å². The van der Waals surface area contributed by atoms with Crippen LogP contribution in [0.25, 0.3) is 0 Å². The van der Waals surface area contributed by atoms with E-state index in [2.05, 4.69) is 0 Å². The van der Waals surface area contributed by atoms with E-state index in [1.807, 2.05) is 0 Å². The number of halogens is 4. The van der Waals surface area contributed by atoms with Crippen LogP contribution in [0.4, 0.5) is 23.2 Å². The Hall–Kier alpha value is -2.12. The van der Waals surface area contributed by atoms with E-state index in [1.54, 1.807) is 5.32 Å². The fraction of sp³-hybridized carbons (Fsp3) is 0.333. The molecule has 0 radical (unpaired) electrons. The molecule has 0 aliphatic rings. The lowest BCUT2D eigenvalue weighted by Gasteiger charge is -2.19. The maximum absolute atomic E-state index is 13.6. The standard InChI is InChI=1S/C12H11F4NO3/c1-12(2,3)11(20)17-9-7(15)5(13)4(10(18)19)6(14)8(9)16/h1-3H3,(H,17,20)(H,18,19). The van der Waals surface area contributed by atoms with Crippen molar-refractivity contribution in [1.29, 1.82) is 0 Å². The predicted molar refractivity (Wildman–Crippen MR) is 61.3 cm³/mol. The SMILES string of the molecule is CC(C)(C)C(=O)Nc1c(F)c(F)c(C(=O)O)c(F)c1F. The number of rotatable bonds is 2. The molecule has 4 nitrogen and oxygen atoms in total. The Kier molecular flexibility index (Phi) is 4.07. The number of hydrogen-bond donors (Lipinski definition) is 2. The number of nitrogens with one attached hydrogen (secondary N) is 1. The van der Waals surface area contributed by atoms with Crippen LogP contribution in [0, 0.1) is 28.7 Å². The third-order valence-electron chi connectivity index (χ3n) is 2.40. The molecule has 0 aliphatic heterocycles. The number of carboxylic acid groups (broad SMARTS) is 1. The molecule has 1 aromatic rings. The number of carbonyl (C=O) groups excluding carboxylic acids is 1. The number of anilines is 1. The first-order valence-corrected chi connectivity index (χ1v) is 5.39. The van der Waals surface area contributed by atoms with Gasteiger partial charge in [-0.05, 0) is 0 Å². The van der Waals surface area contributed by atoms with E-state index in [9.17, 15) is 27.2 Å². The second-order valence-corrected chi connectivity index (χ2v) is 5.02. The topological polar surface area (TPSA) is 66.4 Å². The van der Waals surface area contributed by atoms with Gasteiger partial charge in [-0.25, -0.2) is 22.4 Å². The summed E-state index contributed by atoms with van der Waals surface area (Å²) in [4.78, 5) is 22.1. The van der Waals surface area contributed by atoms with Gasteiger partial charge < -0.3 is 10.4 Å². The van der Waals surface area contributed by atoms with Gasteiger partial charge in [0.25, 0.3) is 0 Å². The molecule has 0 saturated carbocycles. The Bertz CT molecular complexity index is 564. The van der Waals surface area contributed by atoms with E-state index >= 15 is 0 Å². The monoisotopic (exact) mass is 293 g/mol. The quantitative estimate of drug-likeness (QED) is 0.651. The molecule has 8 heteroatoms. The summed E-state index contributed by atoms with van der Waals surface area (Å²) in [5, 5.41) is 10.2. The average molecular weight is 293 g/mol. The molecule has 110 valence electrons. The Morgan fingerprint density at radius 2 is 1.35 bits per heavy atom. The van der Waals surface area contributed by atoms with Crippen molar-refractivity contribution in [2.24, 2.45) is 5.41 Å². The van der Waals surface area contributed by atoms with Crippen LogP contribution in [0.5, 0.6) is 0 Å². The van der Waals surface area contributed by atoms with Crippen LogP contribution < -0.4 is 5.32 Å². The number of amides is 1. The van der Waals surface area contributed by atoms with E-state index in [-0.39, 0.29) is 0 Å². The molecular weight excluding hydrogens is 282 g/mol. The van der Waals surface area contributed by atoms with Gasteiger partial charge in [0.15, 0.2) is 23.3 Å². The van der Waals surface area contributed by atoms with Crippen molar-refractivity contribution in [3.63, 3.8) is 0 Å². The van der Waals surface area contributed by atoms with Gasteiger partial charge >= 0.3 is 5.97 Å². The molecule has 1 amide bonds. The Labute approximate surface area is 111 Å². The van der Waals surface area contributed by atoms with Crippen molar-refractivity contribution >= 4 is 17.6 Å². The molecule has 1 rings (SSSR count). The lowest BCUT2D eigenvalue weighted by atomic mass is 9.95. The van der Waals surface area contributed by atoms with Gasteiger partial charge in [0.05, 0.1) is 0 Å². The molecule has 0 unspecified atom stereocenters. The van der Waals surface area contributed by atoms with E-state index < -0.39 is 51.8 Å². The third kappa shape index (κ3) is 2.73. The largest absolute Gasteiger partial charge is 0.477 e. The summed E-state index contributed by atoms with van der Waals surface area (Å²) in [6.07, 6.45) is 0. The third-order valence-corrected chi connectivity index (χ3v) is 2.40. The number of benzene rings is 1. The Balaban J connectivity index is 3.45. The molecule has 0 atom stereocenters. The van der Waals surface area contributed by atoms with Crippen LogP contribution in [-0.4, -0.2) is 17.0 Å². The first-order valence-electron chi connectivity index (χ1n) is 5.39. The molecule has 0 heterocycles. The predicted octanol–water partition coefficient (Wildman–Crippen LogP) is 2.93. The summed E-state index contributed by atoms with van der Waals surface area (Å²) in [7, 11) is 0. The Morgan fingerprint density at radius 1 is 0.950 bits per heavy atom. The minimum Gasteiger partial charge on any atom is -0.477 e. The van der Waals surface area contributed by atoms with Crippen LogP contribution in [0.15, 0.2) is 0 Å². The van der Waals surface area contributed by atoms with Crippen LogP contribution in [0.3, 0.4) is 0 Å². The molecule has 1 aromatic carbocycles. The number of carboxylic acids is 1. The first-order chi connectivity index (χ1) is 8.98. The van der Waals surface area contributed by atoms with E-state index in [4.69, 9.17) is 5.11 Å². The van der Waals surface area contributed by atoms with Gasteiger partial charge in [-0.1, -0.05) is 20.8 Å². The average Bonchev–Trinajstić information content (AvgIpc) is 2.30. The lowest BCUT2D eigenvalue weighted by molar-refractivity contribution is -0.123. The summed E-state index contributed by atoms with van der Waals surface area (Å²) in [5.41, 5.74) is -4.18. The van der Waals surface area contributed by atoms with Crippen LogP contribution in [0.2, 0.25) is 0 Å². The van der Waals surface area contributed by atoms with Gasteiger partial charge in [-0.15, -0.1) is 0 Å². The number of hydrogen-bond acceptors (Lipinski definition) is 2. The molecular formula is C12H11F4NO3. The zero-order valence-corrected chi connectivity index (χ0v) is 10.8. The smallest absolute Gasteiger partial charge is 0.341 e. The van der Waals surface area contributed by atoms with Gasteiger partial charge in [0, 0.05) is 5.41 Å². The molecule has 2 N–H and O–H groups in total. The van der Waals surface area contributed by atoms with Gasteiger partial charge in [-0.2, -0.15) is 0 Å². The zero-order chi connectivity index (χ0) is 15.8. The fourth-order valence-electron chi connectivity index (χ4n) is 1.23. The molecule has 0 aromatic heterocycles. The fourth-order valence-corrected chi connectivity index (χ4v) is 1.23. The number of carbonyl (C=O) groups is 2. The highest BCUT2D eigenvalue weighted by molar-refractivity contribution is 5.96. The highest BCUT2D eigenvalue weighted by Gasteiger charge is 2.31. The highest BCUT2D eigenvalue weighted by Crippen LogP contribution is 2.29. The normalized spacial score (nSPS) is 11.3. The van der Waals surface area contributed by atoms with Crippen LogP contribution in [-0.2, 0) is 4.79 Å². The Morgan fingerprint density at radius 3 is 1.65 bits per heavy atom. The minimum absolute atomic E-state index is 0.892. The molecule has 20 heavy (non-hydrogen) atoms. The van der Waals surface area contributed by atoms with Crippen molar-refractivity contribution in [2.45, 2.75) is 20.8 Å². The summed E-state index contributed by atoms with van der Waals surface area (Å²) in [6.45, 7) is 4.24. The van der Waals surface area contributed by atoms with E-state index in [1.165, 1.54) is 20.8 Å². The molecule has 0 aliphatic carbocycles. The summed E-state index contributed by atoms with van der Waals surface area (Å²) < 4.78 is 53.9. The maximum atomic E-state index is 13.6. The zero-order valence-electron chi connectivity index (χ0n) is 10.8. The van der Waals surface area contributed by atoms with Gasteiger partial charge in [0.1, 0.15) is 11.3 Å².